The highest BCUT2D eigenvalue weighted by Crippen LogP contribution is 2.12. The molecule has 19 heavy (non-hydrogen) atoms. The molecule has 0 radical (unpaired) electrons. The SMILES string of the molecule is Cc1nc(NCc2ccc([N+](=O)[O-])cc2)cc(=O)[nH]1. The van der Waals surface area contributed by atoms with Gasteiger partial charge in [0.2, 0.25) is 0 Å². The van der Waals surface area contributed by atoms with E-state index in [1.165, 1.54) is 18.2 Å². The average molecular weight is 260 g/mol. The summed E-state index contributed by atoms with van der Waals surface area (Å²) >= 11 is 0. The van der Waals surface area contributed by atoms with E-state index >= 15 is 0 Å². The molecule has 0 unspecified atom stereocenters. The second kappa shape index (κ2) is 5.30. The molecule has 1 heterocycles. The lowest BCUT2D eigenvalue weighted by Gasteiger charge is -2.05. The molecule has 2 rings (SSSR count). The predicted octanol–water partition coefficient (Wildman–Crippen LogP) is 1.60. The van der Waals surface area contributed by atoms with E-state index in [1.54, 1.807) is 19.1 Å². The molecular formula is C12H12N4O3. The first kappa shape index (κ1) is 12.7. The Kier molecular flexibility index (Phi) is 3.56. The standard InChI is InChI=1S/C12H12N4O3/c1-8-14-11(6-12(17)15-8)13-7-9-2-4-10(5-3-9)16(18)19/h2-6H,7H2,1H3,(H2,13,14,15,17). The number of aryl methyl sites for hydroxylation is 1. The predicted molar refractivity (Wildman–Crippen MR) is 70.0 cm³/mol. The van der Waals surface area contributed by atoms with E-state index in [-0.39, 0.29) is 11.2 Å². The number of hydrogen-bond donors (Lipinski definition) is 2. The summed E-state index contributed by atoms with van der Waals surface area (Å²) in [5.41, 5.74) is 0.693. The van der Waals surface area contributed by atoms with Gasteiger partial charge >= 0.3 is 0 Å². The number of H-pyrrole nitrogens is 1. The number of anilines is 1. The van der Waals surface area contributed by atoms with Crippen LogP contribution in [0.4, 0.5) is 11.5 Å². The van der Waals surface area contributed by atoms with Crippen molar-refractivity contribution in [1.82, 2.24) is 9.97 Å². The zero-order valence-electron chi connectivity index (χ0n) is 10.2. The molecule has 0 saturated heterocycles. The van der Waals surface area contributed by atoms with Gasteiger partial charge in [-0.25, -0.2) is 4.98 Å². The van der Waals surface area contributed by atoms with Crippen molar-refractivity contribution in [3.8, 4) is 0 Å². The number of non-ortho nitro benzene ring substituents is 1. The fraction of sp³-hybridized carbons (Fsp3) is 0.167. The van der Waals surface area contributed by atoms with Gasteiger partial charge in [-0.1, -0.05) is 12.1 Å². The zero-order valence-corrected chi connectivity index (χ0v) is 10.2. The zero-order chi connectivity index (χ0) is 13.8. The van der Waals surface area contributed by atoms with Crippen molar-refractivity contribution in [2.75, 3.05) is 5.32 Å². The lowest BCUT2D eigenvalue weighted by Crippen LogP contribution is -2.11. The molecule has 0 saturated carbocycles. The van der Waals surface area contributed by atoms with Crippen LogP contribution in [0.1, 0.15) is 11.4 Å². The molecule has 2 aromatic rings. The third kappa shape index (κ3) is 3.38. The smallest absolute Gasteiger partial charge is 0.269 e. The second-order valence-corrected chi connectivity index (χ2v) is 3.99. The number of nitrogens with one attached hydrogen (secondary N) is 2. The Labute approximate surface area is 108 Å². The normalized spacial score (nSPS) is 10.2. The molecule has 1 aromatic heterocycles. The molecule has 2 N–H and O–H groups in total. The number of nitro groups is 1. The monoisotopic (exact) mass is 260 g/mol. The molecule has 0 aliphatic carbocycles. The van der Waals surface area contributed by atoms with Gasteiger partial charge in [-0.05, 0) is 12.5 Å². The van der Waals surface area contributed by atoms with Gasteiger partial charge in [0.1, 0.15) is 11.6 Å². The summed E-state index contributed by atoms with van der Waals surface area (Å²) in [5, 5.41) is 13.5. The van der Waals surface area contributed by atoms with Gasteiger partial charge in [0, 0.05) is 24.7 Å². The van der Waals surface area contributed by atoms with Crippen LogP contribution in [0.5, 0.6) is 0 Å². The molecule has 7 nitrogen and oxygen atoms in total. The summed E-state index contributed by atoms with van der Waals surface area (Å²) in [4.78, 5) is 28.0. The maximum absolute atomic E-state index is 11.2. The van der Waals surface area contributed by atoms with E-state index in [0.717, 1.165) is 5.56 Å². The third-order valence-corrected chi connectivity index (χ3v) is 2.48. The first-order chi connectivity index (χ1) is 9.04. The summed E-state index contributed by atoms with van der Waals surface area (Å²) < 4.78 is 0. The summed E-state index contributed by atoms with van der Waals surface area (Å²) in [6, 6.07) is 7.55. The van der Waals surface area contributed by atoms with Crippen LogP contribution in [0.25, 0.3) is 0 Å². The van der Waals surface area contributed by atoms with Gasteiger partial charge in [0.05, 0.1) is 4.92 Å². The topological polar surface area (TPSA) is 101 Å². The Hall–Kier alpha value is -2.70. The van der Waals surface area contributed by atoms with Gasteiger partial charge in [0.15, 0.2) is 0 Å². The highest BCUT2D eigenvalue weighted by Gasteiger charge is 2.04. The van der Waals surface area contributed by atoms with Crippen LogP contribution in [0.15, 0.2) is 35.1 Å². The second-order valence-electron chi connectivity index (χ2n) is 3.99. The fourth-order valence-corrected chi connectivity index (χ4v) is 1.60. The number of benzene rings is 1. The molecule has 0 amide bonds. The highest BCUT2D eigenvalue weighted by molar-refractivity contribution is 5.37. The molecule has 0 atom stereocenters. The third-order valence-electron chi connectivity index (χ3n) is 2.48. The summed E-state index contributed by atoms with van der Waals surface area (Å²) in [6.07, 6.45) is 0. The molecule has 7 heteroatoms. The van der Waals surface area contributed by atoms with E-state index in [4.69, 9.17) is 0 Å². The van der Waals surface area contributed by atoms with Gasteiger partial charge < -0.3 is 10.3 Å². The van der Waals surface area contributed by atoms with Crippen molar-refractivity contribution in [1.29, 1.82) is 0 Å². The van der Waals surface area contributed by atoms with Crippen LogP contribution in [0.3, 0.4) is 0 Å². The summed E-state index contributed by atoms with van der Waals surface area (Å²) in [6.45, 7) is 2.13. The summed E-state index contributed by atoms with van der Waals surface area (Å²) in [5.74, 6) is 0.998. The molecule has 0 aliphatic heterocycles. The molecule has 0 fully saturated rings. The number of aromatic nitrogens is 2. The number of rotatable bonds is 4. The first-order valence-corrected chi connectivity index (χ1v) is 5.60. The average Bonchev–Trinajstić information content (AvgIpc) is 2.36. The van der Waals surface area contributed by atoms with Gasteiger partial charge in [-0.3, -0.25) is 14.9 Å². The maximum atomic E-state index is 11.2. The Morgan fingerprint density at radius 3 is 2.63 bits per heavy atom. The molecule has 1 aromatic carbocycles. The number of aromatic amines is 1. The first-order valence-electron chi connectivity index (χ1n) is 5.60. The van der Waals surface area contributed by atoms with Crippen LogP contribution in [-0.2, 0) is 6.54 Å². The minimum absolute atomic E-state index is 0.0499. The Bertz CT molecular complexity index is 649. The van der Waals surface area contributed by atoms with E-state index < -0.39 is 4.92 Å². The van der Waals surface area contributed by atoms with E-state index in [2.05, 4.69) is 15.3 Å². The molecule has 0 aliphatic rings. The lowest BCUT2D eigenvalue weighted by molar-refractivity contribution is -0.384. The minimum atomic E-state index is -0.446. The van der Waals surface area contributed by atoms with Crippen LogP contribution in [-0.4, -0.2) is 14.9 Å². The number of hydrogen-bond acceptors (Lipinski definition) is 5. The quantitative estimate of drug-likeness (QED) is 0.642. The summed E-state index contributed by atoms with van der Waals surface area (Å²) in [7, 11) is 0. The van der Waals surface area contributed by atoms with Crippen molar-refractivity contribution >= 4 is 11.5 Å². The van der Waals surface area contributed by atoms with Crippen molar-refractivity contribution in [3.05, 3.63) is 62.2 Å². The molecule has 0 spiro atoms. The molecular weight excluding hydrogens is 248 g/mol. The molecule has 98 valence electrons. The van der Waals surface area contributed by atoms with E-state index in [1.807, 2.05) is 0 Å². The van der Waals surface area contributed by atoms with Crippen LogP contribution in [0, 0.1) is 17.0 Å². The largest absolute Gasteiger partial charge is 0.366 e. The molecule has 0 bridgehead atoms. The van der Waals surface area contributed by atoms with Gasteiger partial charge in [-0.2, -0.15) is 0 Å². The lowest BCUT2D eigenvalue weighted by atomic mass is 10.2. The number of nitro benzene ring substituents is 1. The van der Waals surface area contributed by atoms with Crippen molar-refractivity contribution in [2.24, 2.45) is 0 Å². The minimum Gasteiger partial charge on any atom is -0.366 e. The van der Waals surface area contributed by atoms with E-state index in [0.29, 0.717) is 18.2 Å². The Morgan fingerprint density at radius 2 is 2.05 bits per heavy atom. The van der Waals surface area contributed by atoms with Crippen molar-refractivity contribution < 1.29 is 4.92 Å². The highest BCUT2D eigenvalue weighted by atomic mass is 16.6. The fourth-order valence-electron chi connectivity index (χ4n) is 1.60. The number of nitrogens with zero attached hydrogens (tertiary/aromatic N) is 2. The Morgan fingerprint density at radius 1 is 1.37 bits per heavy atom. The van der Waals surface area contributed by atoms with Crippen LogP contribution in [0.2, 0.25) is 0 Å². The van der Waals surface area contributed by atoms with Gasteiger partial charge in [-0.15, -0.1) is 0 Å². The van der Waals surface area contributed by atoms with Crippen LogP contribution < -0.4 is 10.9 Å². The van der Waals surface area contributed by atoms with Crippen molar-refractivity contribution in [2.45, 2.75) is 13.5 Å². The van der Waals surface area contributed by atoms with Crippen molar-refractivity contribution in [3.63, 3.8) is 0 Å². The van der Waals surface area contributed by atoms with E-state index in [9.17, 15) is 14.9 Å². The van der Waals surface area contributed by atoms with Gasteiger partial charge in [0.25, 0.3) is 11.2 Å². The Balaban J connectivity index is 2.06. The van der Waals surface area contributed by atoms with Crippen LogP contribution >= 0.6 is 0 Å². The maximum Gasteiger partial charge on any atom is 0.269 e.